The summed E-state index contributed by atoms with van der Waals surface area (Å²) >= 11 is 0. The Bertz CT molecular complexity index is 969. The van der Waals surface area contributed by atoms with Crippen LogP contribution in [-0.2, 0) is 7.05 Å². The summed E-state index contributed by atoms with van der Waals surface area (Å²) in [5.41, 5.74) is 5.93. The highest BCUT2D eigenvalue weighted by atomic mass is 19.3. The molecule has 0 atom stereocenters. The van der Waals surface area contributed by atoms with Gasteiger partial charge in [-0.05, 0) is 24.3 Å². The van der Waals surface area contributed by atoms with Crippen molar-refractivity contribution in [2.45, 2.75) is 6.61 Å². The van der Waals surface area contributed by atoms with Gasteiger partial charge in [-0.1, -0.05) is 24.3 Å². The van der Waals surface area contributed by atoms with Crippen molar-refractivity contribution in [2.75, 3.05) is 0 Å². The van der Waals surface area contributed by atoms with Crippen LogP contribution in [0.1, 0.15) is 20.7 Å². The molecular weight excluding hydrogens is 344 g/mol. The molecule has 0 saturated carbocycles. The number of carbonyl (C=O) groups is 2. The minimum Gasteiger partial charge on any atom is -0.435 e. The van der Waals surface area contributed by atoms with E-state index in [0.717, 1.165) is 17.0 Å². The molecule has 2 amide bonds. The fourth-order valence-electron chi connectivity index (χ4n) is 2.59. The van der Waals surface area contributed by atoms with Crippen molar-refractivity contribution in [1.82, 2.24) is 15.4 Å². The van der Waals surface area contributed by atoms with E-state index >= 15 is 0 Å². The van der Waals surface area contributed by atoms with Gasteiger partial charge in [-0.2, -0.15) is 8.78 Å². The Labute approximate surface area is 147 Å². The third-order valence-electron chi connectivity index (χ3n) is 3.75. The normalized spacial score (nSPS) is 10.8. The molecule has 8 heteroatoms. The first kappa shape index (κ1) is 17.4. The largest absolute Gasteiger partial charge is 0.435 e. The molecule has 26 heavy (non-hydrogen) atoms. The zero-order valence-electron chi connectivity index (χ0n) is 13.7. The van der Waals surface area contributed by atoms with E-state index in [4.69, 9.17) is 0 Å². The topological polar surface area (TPSA) is 72.4 Å². The van der Waals surface area contributed by atoms with Crippen LogP contribution in [0.25, 0.3) is 10.9 Å². The second-order valence-electron chi connectivity index (χ2n) is 5.49. The number of amides is 2. The maximum absolute atomic E-state index is 12.4. The third kappa shape index (κ3) is 3.64. The van der Waals surface area contributed by atoms with Gasteiger partial charge in [0.15, 0.2) is 0 Å². The molecular formula is C18H15F2N3O3. The molecule has 0 aliphatic rings. The Hall–Kier alpha value is -3.42. The van der Waals surface area contributed by atoms with E-state index < -0.39 is 18.4 Å². The summed E-state index contributed by atoms with van der Waals surface area (Å²) in [5, 5.41) is 0.745. The number of rotatable bonds is 4. The van der Waals surface area contributed by atoms with E-state index in [1.165, 1.54) is 18.2 Å². The zero-order chi connectivity index (χ0) is 18.7. The molecule has 2 N–H and O–H groups in total. The molecule has 0 aliphatic heterocycles. The summed E-state index contributed by atoms with van der Waals surface area (Å²) in [6.07, 6.45) is 1.66. The van der Waals surface area contributed by atoms with Crippen LogP contribution in [0.4, 0.5) is 8.78 Å². The maximum Gasteiger partial charge on any atom is 0.387 e. The van der Waals surface area contributed by atoms with Gasteiger partial charge in [0, 0.05) is 29.7 Å². The lowest BCUT2D eigenvalue weighted by molar-refractivity contribution is -0.0498. The van der Waals surface area contributed by atoms with E-state index in [9.17, 15) is 18.4 Å². The fraction of sp³-hybridized carbons (Fsp3) is 0.111. The average Bonchev–Trinajstić information content (AvgIpc) is 2.96. The molecule has 0 aliphatic carbocycles. The molecule has 6 nitrogen and oxygen atoms in total. The minimum atomic E-state index is -2.99. The number of benzene rings is 2. The molecule has 3 rings (SSSR count). The number of para-hydroxylation sites is 1. The van der Waals surface area contributed by atoms with Crippen molar-refractivity contribution in [3.63, 3.8) is 0 Å². The van der Waals surface area contributed by atoms with Crippen LogP contribution in [0.5, 0.6) is 5.75 Å². The molecule has 0 fully saturated rings. The molecule has 0 unspecified atom stereocenters. The van der Waals surface area contributed by atoms with Gasteiger partial charge >= 0.3 is 6.61 Å². The van der Waals surface area contributed by atoms with Gasteiger partial charge in [0.05, 0.1) is 5.56 Å². The predicted molar refractivity (Wildman–Crippen MR) is 90.9 cm³/mol. The smallest absolute Gasteiger partial charge is 0.387 e. The highest BCUT2D eigenvalue weighted by Crippen LogP contribution is 2.20. The Morgan fingerprint density at radius 1 is 1.04 bits per heavy atom. The van der Waals surface area contributed by atoms with Crippen molar-refractivity contribution < 1.29 is 23.1 Å². The maximum atomic E-state index is 12.4. The van der Waals surface area contributed by atoms with Crippen molar-refractivity contribution in [2.24, 2.45) is 7.05 Å². The van der Waals surface area contributed by atoms with Crippen molar-refractivity contribution in [3.8, 4) is 5.75 Å². The van der Waals surface area contributed by atoms with Crippen LogP contribution < -0.4 is 15.6 Å². The lowest BCUT2D eigenvalue weighted by atomic mass is 10.2. The number of hydrogen-bond donors (Lipinski definition) is 2. The molecule has 2 aromatic carbocycles. The van der Waals surface area contributed by atoms with Crippen molar-refractivity contribution in [1.29, 1.82) is 0 Å². The van der Waals surface area contributed by atoms with E-state index in [2.05, 4.69) is 15.6 Å². The molecule has 0 radical (unpaired) electrons. The van der Waals surface area contributed by atoms with E-state index in [1.807, 2.05) is 25.2 Å². The predicted octanol–water partition coefficient (Wildman–Crippen LogP) is 2.85. The number of hydrogen-bond acceptors (Lipinski definition) is 3. The number of fused-ring (bicyclic) bond motifs is 1. The highest BCUT2D eigenvalue weighted by molar-refractivity contribution is 6.08. The van der Waals surface area contributed by atoms with Gasteiger partial charge in [0.1, 0.15) is 5.75 Å². The Balaban J connectivity index is 1.70. The Kier molecular flexibility index (Phi) is 4.83. The number of aromatic nitrogens is 1. The Morgan fingerprint density at radius 2 is 1.77 bits per heavy atom. The lowest BCUT2D eigenvalue weighted by Crippen LogP contribution is -2.41. The van der Waals surface area contributed by atoms with Gasteiger partial charge in [0.2, 0.25) is 0 Å². The molecule has 134 valence electrons. The van der Waals surface area contributed by atoms with E-state index in [-0.39, 0.29) is 11.3 Å². The van der Waals surface area contributed by atoms with E-state index in [1.54, 1.807) is 16.8 Å². The van der Waals surface area contributed by atoms with Crippen LogP contribution in [-0.4, -0.2) is 23.0 Å². The van der Waals surface area contributed by atoms with Crippen molar-refractivity contribution in [3.05, 3.63) is 65.9 Å². The third-order valence-corrected chi connectivity index (χ3v) is 3.75. The molecule has 1 heterocycles. The number of aryl methyl sites for hydroxylation is 1. The van der Waals surface area contributed by atoms with Gasteiger partial charge in [-0.3, -0.25) is 20.4 Å². The van der Waals surface area contributed by atoms with Crippen LogP contribution in [0.15, 0.2) is 54.7 Å². The Morgan fingerprint density at radius 3 is 2.54 bits per heavy atom. The number of ether oxygens (including phenoxy) is 1. The summed E-state index contributed by atoms with van der Waals surface area (Å²) < 4.78 is 30.5. The highest BCUT2D eigenvalue weighted by Gasteiger charge is 2.15. The molecule has 0 saturated heterocycles. The van der Waals surface area contributed by atoms with Crippen LogP contribution in [0, 0.1) is 0 Å². The van der Waals surface area contributed by atoms with Crippen LogP contribution >= 0.6 is 0 Å². The quantitative estimate of drug-likeness (QED) is 0.704. The van der Waals surface area contributed by atoms with Crippen LogP contribution in [0.2, 0.25) is 0 Å². The van der Waals surface area contributed by atoms with Gasteiger partial charge in [0.25, 0.3) is 11.8 Å². The summed E-state index contributed by atoms with van der Waals surface area (Å²) in [4.78, 5) is 24.5. The van der Waals surface area contributed by atoms with Crippen molar-refractivity contribution >= 4 is 22.7 Å². The zero-order valence-corrected chi connectivity index (χ0v) is 13.7. The first-order valence-electron chi connectivity index (χ1n) is 7.65. The molecule has 0 spiro atoms. The SMILES string of the molecule is Cn1cc(C(=O)NNC(=O)c2cccc(OC(F)F)c2)c2ccccc21. The number of alkyl halides is 2. The number of nitrogens with zero attached hydrogens (tertiary/aromatic N) is 1. The van der Waals surface area contributed by atoms with Gasteiger partial charge < -0.3 is 9.30 Å². The molecule has 3 aromatic rings. The van der Waals surface area contributed by atoms with Gasteiger partial charge in [-0.15, -0.1) is 0 Å². The van der Waals surface area contributed by atoms with Gasteiger partial charge in [-0.25, -0.2) is 0 Å². The molecule has 0 bridgehead atoms. The number of hydrazine groups is 1. The average molecular weight is 359 g/mol. The minimum absolute atomic E-state index is 0.0707. The molecule has 1 aromatic heterocycles. The van der Waals surface area contributed by atoms with Crippen LogP contribution in [0.3, 0.4) is 0 Å². The summed E-state index contributed by atoms with van der Waals surface area (Å²) in [6.45, 7) is -2.99. The number of halogens is 2. The number of nitrogens with one attached hydrogen (secondary N) is 2. The second-order valence-corrected chi connectivity index (χ2v) is 5.49. The summed E-state index contributed by atoms with van der Waals surface area (Å²) in [6, 6.07) is 12.6. The second kappa shape index (κ2) is 7.22. The number of carbonyl (C=O) groups excluding carboxylic acids is 2. The first-order chi connectivity index (χ1) is 12.5. The fourth-order valence-corrected chi connectivity index (χ4v) is 2.59. The summed E-state index contributed by atoms with van der Waals surface area (Å²) in [7, 11) is 1.81. The monoisotopic (exact) mass is 359 g/mol. The summed E-state index contributed by atoms with van der Waals surface area (Å²) in [5.74, 6) is -1.29. The lowest BCUT2D eigenvalue weighted by Gasteiger charge is -2.09. The first-order valence-corrected chi connectivity index (χ1v) is 7.65. The standard InChI is InChI=1S/C18H15F2N3O3/c1-23-10-14(13-7-2-3-8-15(13)23)17(25)22-21-16(24)11-5-4-6-12(9-11)26-18(19)20/h2-10,18H,1H3,(H,21,24)(H,22,25). The van der Waals surface area contributed by atoms with E-state index in [0.29, 0.717) is 5.56 Å².